The molecule has 29 heavy (non-hydrogen) atoms. The van der Waals surface area contributed by atoms with E-state index in [9.17, 15) is 4.79 Å². The molecule has 146 valence electrons. The van der Waals surface area contributed by atoms with E-state index in [1.165, 1.54) is 5.69 Å². The summed E-state index contributed by atoms with van der Waals surface area (Å²) in [7, 11) is 0. The molecule has 7 heteroatoms. The second kappa shape index (κ2) is 6.93. The SMILES string of the molecule is Cc1nc2c(C)cccn2c1CN1CCc2nc(-c3ccncc3)[nH]c(=O)c2C1. The lowest BCUT2D eigenvalue weighted by Gasteiger charge is -2.27. The first-order chi connectivity index (χ1) is 14.1. The number of imidazole rings is 1. The van der Waals surface area contributed by atoms with E-state index in [1.54, 1.807) is 12.4 Å². The van der Waals surface area contributed by atoms with Crippen LogP contribution in [-0.2, 0) is 19.5 Å². The maximum atomic E-state index is 12.8. The predicted octanol–water partition coefficient (Wildman–Crippen LogP) is 2.65. The van der Waals surface area contributed by atoms with Gasteiger partial charge in [0, 0.05) is 50.2 Å². The Morgan fingerprint density at radius 2 is 1.97 bits per heavy atom. The van der Waals surface area contributed by atoms with Crippen LogP contribution in [0.4, 0.5) is 0 Å². The van der Waals surface area contributed by atoms with Crippen molar-refractivity contribution in [3.05, 3.63) is 81.4 Å². The van der Waals surface area contributed by atoms with E-state index < -0.39 is 0 Å². The molecule has 0 aliphatic carbocycles. The molecule has 5 heterocycles. The quantitative estimate of drug-likeness (QED) is 0.586. The number of aryl methyl sites for hydroxylation is 2. The summed E-state index contributed by atoms with van der Waals surface area (Å²) in [6.07, 6.45) is 6.23. The third-order valence-corrected chi connectivity index (χ3v) is 5.62. The van der Waals surface area contributed by atoms with Gasteiger partial charge in [-0.1, -0.05) is 6.07 Å². The number of pyridine rings is 2. The number of aromatic amines is 1. The Hall–Kier alpha value is -3.32. The Balaban J connectivity index is 1.44. The maximum Gasteiger partial charge on any atom is 0.255 e. The molecule has 0 saturated heterocycles. The van der Waals surface area contributed by atoms with Gasteiger partial charge in [-0.05, 0) is 37.6 Å². The van der Waals surface area contributed by atoms with E-state index in [0.29, 0.717) is 12.4 Å². The number of nitrogens with one attached hydrogen (secondary N) is 1. The molecule has 4 aromatic heterocycles. The number of H-pyrrole nitrogens is 1. The molecule has 0 amide bonds. The molecule has 0 fully saturated rings. The van der Waals surface area contributed by atoms with Crippen LogP contribution in [0.1, 0.15) is 28.2 Å². The molecule has 0 atom stereocenters. The Kier molecular flexibility index (Phi) is 4.24. The molecule has 0 aromatic carbocycles. The van der Waals surface area contributed by atoms with E-state index in [-0.39, 0.29) is 5.56 Å². The Bertz CT molecular complexity index is 1260. The second-order valence-electron chi connectivity index (χ2n) is 7.57. The van der Waals surface area contributed by atoms with Gasteiger partial charge in [-0.15, -0.1) is 0 Å². The Labute approximate surface area is 168 Å². The minimum Gasteiger partial charge on any atom is -0.306 e. The molecule has 0 saturated carbocycles. The average molecular weight is 386 g/mol. The monoisotopic (exact) mass is 386 g/mol. The first-order valence-electron chi connectivity index (χ1n) is 9.78. The first kappa shape index (κ1) is 17.8. The minimum absolute atomic E-state index is 0.0581. The summed E-state index contributed by atoms with van der Waals surface area (Å²) in [6.45, 7) is 6.33. The highest BCUT2D eigenvalue weighted by Gasteiger charge is 2.23. The molecular formula is C22H22N6O. The van der Waals surface area contributed by atoms with Gasteiger partial charge in [-0.2, -0.15) is 0 Å². The first-order valence-corrected chi connectivity index (χ1v) is 9.78. The van der Waals surface area contributed by atoms with Crippen molar-refractivity contribution < 1.29 is 0 Å². The molecule has 0 radical (unpaired) electrons. The molecule has 4 aromatic rings. The lowest BCUT2D eigenvalue weighted by molar-refractivity contribution is 0.238. The van der Waals surface area contributed by atoms with Gasteiger partial charge < -0.3 is 9.38 Å². The smallest absolute Gasteiger partial charge is 0.255 e. The average Bonchev–Trinajstić information content (AvgIpc) is 3.06. The normalized spacial score (nSPS) is 14.3. The van der Waals surface area contributed by atoms with Crippen molar-refractivity contribution in [2.45, 2.75) is 33.4 Å². The maximum absolute atomic E-state index is 12.8. The van der Waals surface area contributed by atoms with Gasteiger partial charge in [0.1, 0.15) is 11.5 Å². The summed E-state index contributed by atoms with van der Waals surface area (Å²) >= 11 is 0. The van der Waals surface area contributed by atoms with E-state index in [2.05, 4.69) is 45.4 Å². The van der Waals surface area contributed by atoms with E-state index >= 15 is 0 Å². The predicted molar refractivity (Wildman–Crippen MR) is 111 cm³/mol. The van der Waals surface area contributed by atoms with Crippen LogP contribution < -0.4 is 5.56 Å². The van der Waals surface area contributed by atoms with Crippen molar-refractivity contribution in [2.24, 2.45) is 0 Å². The zero-order valence-electron chi connectivity index (χ0n) is 16.5. The van der Waals surface area contributed by atoms with Crippen molar-refractivity contribution in [1.29, 1.82) is 0 Å². The zero-order chi connectivity index (χ0) is 20.0. The van der Waals surface area contributed by atoms with Crippen molar-refractivity contribution >= 4 is 5.65 Å². The number of fused-ring (bicyclic) bond motifs is 2. The molecule has 1 N–H and O–H groups in total. The summed E-state index contributed by atoms with van der Waals surface area (Å²) in [5, 5.41) is 0. The number of nitrogens with zero attached hydrogens (tertiary/aromatic N) is 5. The van der Waals surface area contributed by atoms with Crippen LogP contribution in [-0.4, -0.2) is 35.8 Å². The Morgan fingerprint density at radius 3 is 2.79 bits per heavy atom. The van der Waals surface area contributed by atoms with Crippen LogP contribution in [0.5, 0.6) is 0 Å². The molecule has 1 aliphatic rings. The van der Waals surface area contributed by atoms with Gasteiger partial charge in [-0.25, -0.2) is 9.97 Å². The summed E-state index contributed by atoms with van der Waals surface area (Å²) < 4.78 is 2.16. The van der Waals surface area contributed by atoms with Crippen molar-refractivity contribution in [3.63, 3.8) is 0 Å². The number of aromatic nitrogens is 5. The van der Waals surface area contributed by atoms with Crippen molar-refractivity contribution in [1.82, 2.24) is 29.2 Å². The largest absolute Gasteiger partial charge is 0.306 e. The standard InChI is InChI=1S/C22H22N6O/c1-14-4-3-10-28-19(15(2)24-21(14)28)13-27-11-7-18-17(12-27)22(29)26-20(25-18)16-5-8-23-9-6-16/h3-6,8-10H,7,11-13H2,1-2H3,(H,25,26,29). The van der Waals surface area contributed by atoms with Gasteiger partial charge in [0.2, 0.25) is 0 Å². The summed E-state index contributed by atoms with van der Waals surface area (Å²) in [5.74, 6) is 0.609. The second-order valence-corrected chi connectivity index (χ2v) is 7.57. The molecule has 0 bridgehead atoms. The fraction of sp³-hybridized carbons (Fsp3) is 0.273. The highest BCUT2D eigenvalue weighted by atomic mass is 16.1. The topological polar surface area (TPSA) is 79.2 Å². The van der Waals surface area contributed by atoms with Crippen molar-refractivity contribution in [3.8, 4) is 11.4 Å². The van der Waals surface area contributed by atoms with Gasteiger partial charge in [-0.3, -0.25) is 14.7 Å². The highest BCUT2D eigenvalue weighted by Crippen LogP contribution is 2.22. The number of hydrogen-bond donors (Lipinski definition) is 1. The fourth-order valence-electron chi connectivity index (χ4n) is 4.03. The van der Waals surface area contributed by atoms with Gasteiger partial charge in [0.05, 0.1) is 22.6 Å². The summed E-state index contributed by atoms with van der Waals surface area (Å²) in [4.78, 5) is 31.5. The molecule has 0 spiro atoms. The minimum atomic E-state index is -0.0581. The van der Waals surface area contributed by atoms with Crippen LogP contribution in [0.3, 0.4) is 0 Å². The third-order valence-electron chi connectivity index (χ3n) is 5.62. The highest BCUT2D eigenvalue weighted by molar-refractivity contribution is 5.54. The molecule has 5 rings (SSSR count). The Morgan fingerprint density at radius 1 is 1.14 bits per heavy atom. The van der Waals surface area contributed by atoms with Crippen molar-refractivity contribution in [2.75, 3.05) is 6.54 Å². The lowest BCUT2D eigenvalue weighted by Crippen LogP contribution is -2.35. The van der Waals surface area contributed by atoms with Gasteiger partial charge in [0.15, 0.2) is 0 Å². The summed E-state index contributed by atoms with van der Waals surface area (Å²) in [5.41, 5.74) is 6.83. The molecule has 1 aliphatic heterocycles. The number of rotatable bonds is 3. The van der Waals surface area contributed by atoms with Crippen LogP contribution in [0.2, 0.25) is 0 Å². The van der Waals surface area contributed by atoms with Gasteiger partial charge >= 0.3 is 0 Å². The molecule has 0 unspecified atom stereocenters. The van der Waals surface area contributed by atoms with E-state index in [4.69, 9.17) is 9.97 Å². The van der Waals surface area contributed by atoms with Gasteiger partial charge in [0.25, 0.3) is 5.56 Å². The number of hydrogen-bond acceptors (Lipinski definition) is 5. The third kappa shape index (κ3) is 3.13. The molecular weight excluding hydrogens is 364 g/mol. The van der Waals surface area contributed by atoms with Crippen LogP contribution in [0.25, 0.3) is 17.0 Å². The van der Waals surface area contributed by atoms with Crippen LogP contribution in [0, 0.1) is 13.8 Å². The molecule has 7 nitrogen and oxygen atoms in total. The van der Waals surface area contributed by atoms with Crippen LogP contribution in [0.15, 0.2) is 47.7 Å². The van der Waals surface area contributed by atoms with E-state index in [0.717, 1.165) is 53.2 Å². The summed E-state index contributed by atoms with van der Waals surface area (Å²) in [6, 6.07) is 7.84. The lowest BCUT2D eigenvalue weighted by atomic mass is 10.1. The van der Waals surface area contributed by atoms with E-state index in [1.807, 2.05) is 18.2 Å². The fourth-order valence-corrected chi connectivity index (χ4v) is 4.03. The van der Waals surface area contributed by atoms with Crippen LogP contribution >= 0.6 is 0 Å². The zero-order valence-corrected chi connectivity index (χ0v) is 16.5.